The molecule has 2 aliphatic rings. The highest BCUT2D eigenvalue weighted by molar-refractivity contribution is 5.87. The summed E-state index contributed by atoms with van der Waals surface area (Å²) in [6.45, 7) is 2.21. The number of fused-ring (bicyclic) bond motifs is 1. The molecule has 0 radical (unpaired) electrons. The van der Waals surface area contributed by atoms with Crippen molar-refractivity contribution in [2.24, 2.45) is 11.8 Å². The number of cyclic esters (lactones) is 1. The Labute approximate surface area is 149 Å². The van der Waals surface area contributed by atoms with E-state index in [0.717, 1.165) is 24.8 Å². The van der Waals surface area contributed by atoms with Crippen molar-refractivity contribution in [1.29, 1.82) is 0 Å². The van der Waals surface area contributed by atoms with Crippen molar-refractivity contribution >= 4 is 11.9 Å². The summed E-state index contributed by atoms with van der Waals surface area (Å²) in [6.07, 6.45) is 7.80. The van der Waals surface area contributed by atoms with Crippen molar-refractivity contribution in [1.82, 2.24) is 0 Å². The van der Waals surface area contributed by atoms with Crippen LogP contribution in [-0.2, 0) is 25.5 Å². The molecule has 0 aliphatic carbocycles. The summed E-state index contributed by atoms with van der Waals surface area (Å²) < 4.78 is 10.9. The van der Waals surface area contributed by atoms with Gasteiger partial charge in [0.1, 0.15) is 6.10 Å². The molecule has 0 N–H and O–H groups in total. The van der Waals surface area contributed by atoms with Gasteiger partial charge in [-0.15, -0.1) is 0 Å². The first-order valence-corrected chi connectivity index (χ1v) is 9.65. The highest BCUT2D eigenvalue weighted by atomic mass is 16.6. The fourth-order valence-corrected chi connectivity index (χ4v) is 4.08. The second-order valence-electron chi connectivity index (χ2n) is 7.26. The summed E-state index contributed by atoms with van der Waals surface area (Å²) in [7, 11) is 0. The predicted octanol–water partition coefficient (Wildman–Crippen LogP) is 4.06. The zero-order valence-corrected chi connectivity index (χ0v) is 15.0. The maximum Gasteiger partial charge on any atom is 0.348 e. The Morgan fingerprint density at radius 2 is 1.60 bits per heavy atom. The van der Waals surface area contributed by atoms with Crippen LogP contribution in [-0.4, -0.2) is 24.1 Å². The van der Waals surface area contributed by atoms with E-state index in [-0.39, 0.29) is 29.9 Å². The molecule has 4 atom stereocenters. The van der Waals surface area contributed by atoms with Gasteiger partial charge in [0.2, 0.25) is 6.10 Å². The smallest absolute Gasteiger partial charge is 0.348 e. The standard InChI is InChI=1S/C21H28O4/c1-2-3-4-5-6-10-13-17-18-16(14-15-11-8-7-9-12-15)20(22)25-19(18)21(23)24-17/h7-9,11-12,16-19H,2-6,10,13-14H2,1H3/t16-,17-,18-,19-/m1/s1. The van der Waals surface area contributed by atoms with E-state index in [1.54, 1.807) is 0 Å². The van der Waals surface area contributed by atoms with E-state index >= 15 is 0 Å². The predicted molar refractivity (Wildman–Crippen MR) is 94.9 cm³/mol. The minimum Gasteiger partial charge on any atom is -0.459 e. The SMILES string of the molecule is CCCCCCCC[C@H]1OC(=O)[C@@H]2OC(=O)[C@H](Cc3ccccc3)[C@H]12. The Morgan fingerprint density at radius 3 is 2.36 bits per heavy atom. The fraction of sp³-hybridized carbons (Fsp3) is 0.619. The number of carbonyl (C=O) groups is 2. The van der Waals surface area contributed by atoms with E-state index in [1.165, 1.54) is 25.7 Å². The van der Waals surface area contributed by atoms with Crippen LogP contribution >= 0.6 is 0 Å². The van der Waals surface area contributed by atoms with Crippen molar-refractivity contribution in [2.45, 2.75) is 70.5 Å². The molecule has 1 aromatic carbocycles. The molecule has 136 valence electrons. The first-order chi connectivity index (χ1) is 12.2. The number of hydrogen-bond acceptors (Lipinski definition) is 4. The first-order valence-electron chi connectivity index (χ1n) is 9.65. The molecule has 4 heteroatoms. The van der Waals surface area contributed by atoms with Gasteiger partial charge >= 0.3 is 11.9 Å². The zero-order valence-electron chi connectivity index (χ0n) is 15.0. The normalized spacial score (nSPS) is 27.9. The van der Waals surface area contributed by atoms with Crippen molar-refractivity contribution in [3.63, 3.8) is 0 Å². The van der Waals surface area contributed by atoms with Crippen LogP contribution in [0.5, 0.6) is 0 Å². The van der Waals surface area contributed by atoms with E-state index in [4.69, 9.17) is 9.47 Å². The molecule has 0 spiro atoms. The van der Waals surface area contributed by atoms with Crippen LogP contribution in [0.3, 0.4) is 0 Å². The number of hydrogen-bond donors (Lipinski definition) is 0. The molecule has 0 unspecified atom stereocenters. The molecular weight excluding hydrogens is 316 g/mol. The maximum absolute atomic E-state index is 12.3. The van der Waals surface area contributed by atoms with Gasteiger partial charge in [-0.1, -0.05) is 69.4 Å². The summed E-state index contributed by atoms with van der Waals surface area (Å²) in [5, 5.41) is 0. The minimum atomic E-state index is -0.689. The molecule has 0 bridgehead atoms. The van der Waals surface area contributed by atoms with E-state index in [9.17, 15) is 9.59 Å². The van der Waals surface area contributed by atoms with Crippen LogP contribution in [0.15, 0.2) is 30.3 Å². The summed E-state index contributed by atoms with van der Waals surface area (Å²) >= 11 is 0. The monoisotopic (exact) mass is 344 g/mol. The average Bonchev–Trinajstić information content (AvgIpc) is 3.09. The minimum absolute atomic E-state index is 0.129. The van der Waals surface area contributed by atoms with Gasteiger partial charge in [-0.2, -0.15) is 0 Å². The Kier molecular flexibility index (Phi) is 6.11. The van der Waals surface area contributed by atoms with Crippen LogP contribution in [0.25, 0.3) is 0 Å². The molecule has 1 aromatic rings. The van der Waals surface area contributed by atoms with Crippen molar-refractivity contribution in [3.05, 3.63) is 35.9 Å². The molecule has 2 heterocycles. The van der Waals surface area contributed by atoms with Crippen molar-refractivity contribution in [2.75, 3.05) is 0 Å². The number of carbonyl (C=O) groups excluding carboxylic acids is 2. The molecule has 0 amide bonds. The molecule has 4 nitrogen and oxygen atoms in total. The van der Waals surface area contributed by atoms with E-state index < -0.39 is 6.10 Å². The van der Waals surface area contributed by atoms with Crippen molar-refractivity contribution in [3.8, 4) is 0 Å². The van der Waals surface area contributed by atoms with Gasteiger partial charge in [-0.05, 0) is 24.8 Å². The van der Waals surface area contributed by atoms with Gasteiger partial charge < -0.3 is 9.47 Å². The van der Waals surface area contributed by atoms with Crippen LogP contribution < -0.4 is 0 Å². The van der Waals surface area contributed by atoms with E-state index in [0.29, 0.717) is 6.42 Å². The molecule has 3 rings (SSSR count). The van der Waals surface area contributed by atoms with Gasteiger partial charge in [-0.25, -0.2) is 4.79 Å². The third kappa shape index (κ3) is 4.23. The highest BCUT2D eigenvalue weighted by Crippen LogP contribution is 2.41. The molecule has 2 fully saturated rings. The summed E-state index contributed by atoms with van der Waals surface area (Å²) in [4.78, 5) is 24.4. The Hall–Kier alpha value is -1.84. The molecule has 2 aliphatic heterocycles. The van der Waals surface area contributed by atoms with E-state index in [2.05, 4.69) is 6.92 Å². The lowest BCUT2D eigenvalue weighted by atomic mass is 9.82. The molecule has 0 aromatic heterocycles. The third-order valence-electron chi connectivity index (χ3n) is 5.43. The number of benzene rings is 1. The van der Waals surface area contributed by atoms with Gasteiger partial charge in [0.25, 0.3) is 0 Å². The third-order valence-corrected chi connectivity index (χ3v) is 5.43. The largest absolute Gasteiger partial charge is 0.459 e. The van der Waals surface area contributed by atoms with Crippen LogP contribution in [0.2, 0.25) is 0 Å². The summed E-state index contributed by atoms with van der Waals surface area (Å²) in [6, 6.07) is 9.93. The quantitative estimate of drug-likeness (QED) is 0.501. The molecule has 2 saturated heterocycles. The molecule has 0 saturated carbocycles. The van der Waals surface area contributed by atoms with Gasteiger partial charge in [0.15, 0.2) is 0 Å². The Balaban J connectivity index is 1.58. The molecular formula is C21H28O4. The van der Waals surface area contributed by atoms with Crippen molar-refractivity contribution < 1.29 is 19.1 Å². The topological polar surface area (TPSA) is 52.6 Å². The second kappa shape index (κ2) is 8.50. The highest BCUT2D eigenvalue weighted by Gasteiger charge is 2.57. The van der Waals surface area contributed by atoms with Gasteiger partial charge in [0.05, 0.1) is 11.8 Å². The zero-order chi connectivity index (χ0) is 17.6. The van der Waals surface area contributed by atoms with Gasteiger partial charge in [0, 0.05) is 0 Å². The average molecular weight is 344 g/mol. The lowest BCUT2D eigenvalue weighted by Crippen LogP contribution is -2.28. The van der Waals surface area contributed by atoms with Crippen LogP contribution in [0.4, 0.5) is 0 Å². The van der Waals surface area contributed by atoms with E-state index in [1.807, 2.05) is 30.3 Å². The van der Waals surface area contributed by atoms with Gasteiger partial charge in [-0.3, -0.25) is 4.79 Å². The molecule has 25 heavy (non-hydrogen) atoms. The lowest BCUT2D eigenvalue weighted by Gasteiger charge is -2.20. The second-order valence-corrected chi connectivity index (χ2v) is 7.26. The van der Waals surface area contributed by atoms with Crippen LogP contribution in [0, 0.1) is 11.8 Å². The number of rotatable bonds is 9. The number of ether oxygens (including phenoxy) is 2. The maximum atomic E-state index is 12.3. The Bertz CT molecular complexity index is 583. The number of esters is 2. The first kappa shape index (κ1) is 18.0. The summed E-state index contributed by atoms with van der Waals surface area (Å²) in [5.74, 6) is -1.01. The number of unbranched alkanes of at least 4 members (excludes halogenated alkanes) is 5. The fourth-order valence-electron chi connectivity index (χ4n) is 4.08. The Morgan fingerprint density at radius 1 is 0.880 bits per heavy atom. The summed E-state index contributed by atoms with van der Waals surface area (Å²) in [5.41, 5.74) is 1.10. The lowest BCUT2D eigenvalue weighted by molar-refractivity contribution is -0.159. The van der Waals surface area contributed by atoms with Crippen LogP contribution in [0.1, 0.15) is 57.4 Å².